The number of rotatable bonds is 18. The lowest BCUT2D eigenvalue weighted by atomic mass is 9.99. The van der Waals surface area contributed by atoms with Crippen LogP contribution in [-0.2, 0) is 25.4 Å². The first-order chi connectivity index (χ1) is 16.4. The first-order valence-corrected chi connectivity index (χ1v) is 11.7. The number of esters is 1. The smallest absolute Gasteiger partial charge is 0.342 e. The first-order valence-electron chi connectivity index (χ1n) is 11.3. The molecule has 0 heterocycles. The average molecular weight is 495 g/mol. The Morgan fingerprint density at radius 2 is 1.68 bits per heavy atom. The lowest BCUT2D eigenvalue weighted by molar-refractivity contribution is -0.114. The van der Waals surface area contributed by atoms with Crippen LogP contribution in [-0.4, -0.2) is 44.7 Å². The van der Waals surface area contributed by atoms with Crippen LogP contribution in [0.3, 0.4) is 0 Å². The van der Waals surface area contributed by atoms with E-state index < -0.39 is 12.1 Å². The number of hydrogen-bond acceptors (Lipinski definition) is 7. The van der Waals surface area contributed by atoms with Gasteiger partial charge in [0.15, 0.2) is 19.4 Å². The molecule has 0 saturated carbocycles. The maximum atomic E-state index is 13.2. The third-order valence-electron chi connectivity index (χ3n) is 4.50. The van der Waals surface area contributed by atoms with Gasteiger partial charge in [0, 0.05) is 37.7 Å². The highest BCUT2D eigenvalue weighted by Gasteiger charge is 2.27. The zero-order chi connectivity index (χ0) is 25.3. The molecule has 188 valence electrons. The number of carbonyl (C=O) groups excluding carboxylic acids is 2. The number of ether oxygens (including phenoxy) is 5. The summed E-state index contributed by atoms with van der Waals surface area (Å²) in [6, 6.07) is 1.48. The zero-order valence-electron chi connectivity index (χ0n) is 20.3. The number of halogens is 1. The molecule has 0 fully saturated rings. The van der Waals surface area contributed by atoms with E-state index in [2.05, 4.69) is 13.2 Å². The third-order valence-corrected chi connectivity index (χ3v) is 4.91. The molecule has 0 saturated heterocycles. The van der Waals surface area contributed by atoms with E-state index in [0.29, 0.717) is 26.1 Å². The molecule has 0 spiro atoms. The maximum absolute atomic E-state index is 13.2. The number of ketones is 1. The summed E-state index contributed by atoms with van der Waals surface area (Å²) in [6.45, 7) is 13.4. The summed E-state index contributed by atoms with van der Waals surface area (Å²) in [5.41, 5.74) is 0.300. The van der Waals surface area contributed by atoms with Crippen molar-refractivity contribution in [1.29, 1.82) is 0 Å². The Labute approximate surface area is 207 Å². The van der Waals surface area contributed by atoms with Crippen LogP contribution >= 0.6 is 11.6 Å². The third kappa shape index (κ3) is 10.1. The van der Waals surface area contributed by atoms with Crippen LogP contribution in [0.15, 0.2) is 43.5 Å². The second-order valence-electron chi connectivity index (χ2n) is 7.20. The van der Waals surface area contributed by atoms with Crippen molar-refractivity contribution in [2.75, 3.05) is 26.8 Å². The molecule has 0 amide bonds. The van der Waals surface area contributed by atoms with Crippen LogP contribution in [0.2, 0.25) is 5.02 Å². The number of benzene rings is 1. The van der Waals surface area contributed by atoms with Crippen LogP contribution < -0.4 is 9.47 Å². The Kier molecular flexibility index (Phi) is 14.6. The summed E-state index contributed by atoms with van der Waals surface area (Å²) in [6.07, 6.45) is 7.95. The fraction of sp³-hybridized carbons (Fsp3) is 0.462. The van der Waals surface area contributed by atoms with Crippen LogP contribution in [0.1, 0.15) is 56.0 Å². The summed E-state index contributed by atoms with van der Waals surface area (Å²) in [7, 11) is 0. The van der Waals surface area contributed by atoms with Crippen LogP contribution in [0.25, 0.3) is 0 Å². The fourth-order valence-corrected chi connectivity index (χ4v) is 3.10. The van der Waals surface area contributed by atoms with E-state index in [4.69, 9.17) is 35.3 Å². The van der Waals surface area contributed by atoms with Gasteiger partial charge in [0.25, 0.3) is 0 Å². The van der Waals surface area contributed by atoms with E-state index in [1.165, 1.54) is 12.1 Å². The van der Waals surface area contributed by atoms with Gasteiger partial charge in [0.05, 0.1) is 5.02 Å². The van der Waals surface area contributed by atoms with Gasteiger partial charge >= 0.3 is 5.97 Å². The molecular formula is C26H35ClO7. The molecule has 1 rings (SSSR count). The van der Waals surface area contributed by atoms with Crippen molar-refractivity contribution in [2.24, 2.45) is 0 Å². The Hall–Kier alpha value is -2.61. The van der Waals surface area contributed by atoms with Gasteiger partial charge in [0.1, 0.15) is 23.2 Å². The van der Waals surface area contributed by atoms with Crippen molar-refractivity contribution in [3.05, 3.63) is 59.7 Å². The van der Waals surface area contributed by atoms with E-state index in [1.807, 2.05) is 13.8 Å². The summed E-state index contributed by atoms with van der Waals surface area (Å²) < 4.78 is 27.4. The van der Waals surface area contributed by atoms with Crippen molar-refractivity contribution in [2.45, 2.75) is 52.6 Å². The molecular weight excluding hydrogens is 460 g/mol. The van der Waals surface area contributed by atoms with Crippen molar-refractivity contribution >= 4 is 23.4 Å². The molecule has 0 aliphatic heterocycles. The average Bonchev–Trinajstić information content (AvgIpc) is 2.79. The molecule has 1 aromatic rings. The van der Waals surface area contributed by atoms with Crippen LogP contribution in [0, 0.1) is 0 Å². The Morgan fingerprint density at radius 3 is 2.26 bits per heavy atom. The summed E-state index contributed by atoms with van der Waals surface area (Å²) in [4.78, 5) is 25.9. The maximum Gasteiger partial charge on any atom is 0.342 e. The quantitative estimate of drug-likeness (QED) is 0.0833. The number of hydrogen-bond donors (Lipinski definition) is 0. The molecule has 0 aliphatic rings. The molecule has 7 nitrogen and oxygen atoms in total. The number of allylic oxidation sites excluding steroid dienone is 3. The van der Waals surface area contributed by atoms with Crippen LogP contribution in [0.4, 0.5) is 0 Å². The number of unbranched alkanes of at least 4 members (excludes halogenated alkanes) is 1. The van der Waals surface area contributed by atoms with Gasteiger partial charge in [-0.1, -0.05) is 29.8 Å². The second kappa shape index (κ2) is 16.9. The van der Waals surface area contributed by atoms with Gasteiger partial charge in [0.2, 0.25) is 0 Å². The molecule has 0 bridgehead atoms. The van der Waals surface area contributed by atoms with E-state index in [1.54, 1.807) is 25.2 Å². The molecule has 0 aromatic heterocycles. The highest BCUT2D eigenvalue weighted by Crippen LogP contribution is 2.39. The van der Waals surface area contributed by atoms with Crippen molar-refractivity contribution < 1.29 is 33.3 Å². The molecule has 0 aliphatic carbocycles. The summed E-state index contributed by atoms with van der Waals surface area (Å²) in [5.74, 6) is -0.552. The minimum Gasteiger partial charge on any atom is -0.466 e. The number of carbonyl (C=O) groups is 2. The lowest BCUT2D eigenvalue weighted by Crippen LogP contribution is -2.19. The van der Waals surface area contributed by atoms with Crippen molar-refractivity contribution in [1.82, 2.24) is 0 Å². The van der Waals surface area contributed by atoms with E-state index in [-0.39, 0.29) is 53.4 Å². The minimum absolute atomic E-state index is 0.0530. The van der Waals surface area contributed by atoms with E-state index >= 15 is 0 Å². The van der Waals surface area contributed by atoms with Gasteiger partial charge in [-0.05, 0) is 39.7 Å². The normalized spacial score (nSPS) is 11.8. The SMILES string of the molecule is C=CCC/C=C/C(=O)Cc1c(Cl)c(OCOCC)cc(OCOCC)c1C(=O)O[C@H](C)CC=C. The predicted molar refractivity (Wildman–Crippen MR) is 133 cm³/mol. The molecule has 8 heteroatoms. The molecule has 1 aromatic carbocycles. The van der Waals surface area contributed by atoms with Gasteiger partial charge in [-0.2, -0.15) is 0 Å². The van der Waals surface area contributed by atoms with Gasteiger partial charge in [-0.25, -0.2) is 4.79 Å². The van der Waals surface area contributed by atoms with Crippen molar-refractivity contribution in [3.63, 3.8) is 0 Å². The van der Waals surface area contributed by atoms with Crippen molar-refractivity contribution in [3.8, 4) is 11.5 Å². The van der Waals surface area contributed by atoms with Gasteiger partial charge in [-0.15, -0.1) is 13.2 Å². The second-order valence-corrected chi connectivity index (χ2v) is 7.58. The monoisotopic (exact) mass is 494 g/mol. The molecule has 0 N–H and O–H groups in total. The Bertz CT molecular complexity index is 848. The topological polar surface area (TPSA) is 80.3 Å². The summed E-state index contributed by atoms with van der Waals surface area (Å²) >= 11 is 6.61. The fourth-order valence-electron chi connectivity index (χ4n) is 2.83. The largest absolute Gasteiger partial charge is 0.466 e. The Morgan fingerprint density at radius 1 is 1.03 bits per heavy atom. The van der Waals surface area contributed by atoms with E-state index in [0.717, 1.165) is 6.42 Å². The van der Waals surface area contributed by atoms with Gasteiger partial charge in [-0.3, -0.25) is 4.79 Å². The first kappa shape index (κ1) is 29.4. The molecule has 1 atom stereocenters. The highest BCUT2D eigenvalue weighted by atomic mass is 35.5. The predicted octanol–water partition coefficient (Wildman–Crippen LogP) is 5.84. The lowest BCUT2D eigenvalue weighted by Gasteiger charge is -2.20. The standard InChI is InChI=1S/C26H35ClO7/c1-6-10-11-12-14-20(28)15-21-24(26(29)34-19(5)13-7-2)22(32-17-30-8-3)16-23(25(21)27)33-18-31-9-4/h6-7,12,14,16,19H,1-2,8-11,13,15,17-18H2,3-5H3/b14-12+/t19-/m1/s1. The van der Waals surface area contributed by atoms with E-state index in [9.17, 15) is 9.59 Å². The molecule has 0 radical (unpaired) electrons. The summed E-state index contributed by atoms with van der Waals surface area (Å²) in [5, 5.41) is 0.111. The minimum atomic E-state index is -0.669. The Balaban J connectivity index is 3.47. The molecule has 0 unspecified atom stereocenters. The zero-order valence-corrected chi connectivity index (χ0v) is 21.0. The highest BCUT2D eigenvalue weighted by molar-refractivity contribution is 6.33. The molecule has 34 heavy (non-hydrogen) atoms. The van der Waals surface area contributed by atoms with Gasteiger partial charge < -0.3 is 23.7 Å². The van der Waals surface area contributed by atoms with Crippen LogP contribution in [0.5, 0.6) is 11.5 Å².